The summed E-state index contributed by atoms with van der Waals surface area (Å²) in [6.07, 6.45) is -4.72. The molecular formula is C18H17F3N2O5. The van der Waals surface area contributed by atoms with E-state index in [2.05, 4.69) is 5.32 Å². The third kappa shape index (κ3) is 6.15. The monoisotopic (exact) mass is 398 g/mol. The number of carbonyl (C=O) groups is 1. The Morgan fingerprint density at radius 3 is 2.57 bits per heavy atom. The molecule has 0 atom stereocenters. The van der Waals surface area contributed by atoms with Gasteiger partial charge in [-0.15, -0.1) is 0 Å². The number of ether oxygens (including phenoxy) is 2. The Hall–Kier alpha value is -3.30. The predicted molar refractivity (Wildman–Crippen MR) is 93.3 cm³/mol. The van der Waals surface area contributed by atoms with Gasteiger partial charge in [0.15, 0.2) is 12.4 Å². The largest absolute Gasteiger partial charge is 0.492 e. The molecule has 1 N–H and O–H groups in total. The van der Waals surface area contributed by atoms with Gasteiger partial charge in [0.05, 0.1) is 17.0 Å². The Bertz CT molecular complexity index is 855. The molecule has 10 heteroatoms. The van der Waals surface area contributed by atoms with Crippen LogP contribution in [0.5, 0.6) is 11.5 Å². The first kappa shape index (κ1) is 21.0. The van der Waals surface area contributed by atoms with Gasteiger partial charge in [-0.2, -0.15) is 13.2 Å². The lowest BCUT2D eigenvalue weighted by Crippen LogP contribution is -2.32. The fourth-order valence-electron chi connectivity index (χ4n) is 2.22. The molecule has 0 aliphatic carbocycles. The zero-order valence-electron chi connectivity index (χ0n) is 14.8. The summed E-state index contributed by atoms with van der Waals surface area (Å²) in [5.74, 6) is -0.378. The maximum Gasteiger partial charge on any atom is 0.416 e. The first-order chi connectivity index (χ1) is 13.2. The molecule has 0 bridgehead atoms. The smallest absolute Gasteiger partial charge is 0.416 e. The Morgan fingerprint density at radius 1 is 1.18 bits per heavy atom. The summed E-state index contributed by atoms with van der Waals surface area (Å²) in [5.41, 5.74) is -1.03. The molecule has 0 saturated carbocycles. The number of nitrogens with zero attached hydrogens (tertiary/aromatic N) is 1. The van der Waals surface area contributed by atoms with Crippen LogP contribution in [-0.4, -0.2) is 30.6 Å². The second-order valence-corrected chi connectivity index (χ2v) is 5.74. The molecule has 0 heterocycles. The van der Waals surface area contributed by atoms with Crippen LogP contribution in [0.2, 0.25) is 0 Å². The van der Waals surface area contributed by atoms with Crippen molar-refractivity contribution >= 4 is 11.6 Å². The quantitative estimate of drug-likeness (QED) is 0.418. The van der Waals surface area contributed by atoms with E-state index in [0.29, 0.717) is 17.9 Å². The van der Waals surface area contributed by atoms with Crippen molar-refractivity contribution in [2.24, 2.45) is 0 Å². The zero-order valence-corrected chi connectivity index (χ0v) is 14.8. The molecule has 1 amide bonds. The molecule has 0 aromatic heterocycles. The van der Waals surface area contributed by atoms with Crippen LogP contribution < -0.4 is 14.8 Å². The van der Waals surface area contributed by atoms with Crippen LogP contribution >= 0.6 is 0 Å². The summed E-state index contributed by atoms with van der Waals surface area (Å²) in [6, 6.07) is 9.16. The molecule has 0 spiro atoms. The van der Waals surface area contributed by atoms with Crippen molar-refractivity contribution < 1.29 is 32.4 Å². The molecule has 0 radical (unpaired) electrons. The summed E-state index contributed by atoms with van der Waals surface area (Å²) in [6.45, 7) is 1.67. The van der Waals surface area contributed by atoms with E-state index in [1.165, 1.54) is 0 Å². The molecule has 2 aromatic rings. The van der Waals surface area contributed by atoms with Crippen molar-refractivity contribution in [1.29, 1.82) is 0 Å². The van der Waals surface area contributed by atoms with Gasteiger partial charge in [-0.3, -0.25) is 14.9 Å². The van der Waals surface area contributed by atoms with Gasteiger partial charge < -0.3 is 14.8 Å². The van der Waals surface area contributed by atoms with Crippen LogP contribution in [0.4, 0.5) is 18.9 Å². The van der Waals surface area contributed by atoms with E-state index in [0.717, 1.165) is 11.6 Å². The van der Waals surface area contributed by atoms with E-state index in [1.807, 2.05) is 25.1 Å². The van der Waals surface area contributed by atoms with Crippen molar-refractivity contribution in [1.82, 2.24) is 5.32 Å². The minimum Gasteiger partial charge on any atom is -0.492 e. The van der Waals surface area contributed by atoms with Crippen LogP contribution in [0.3, 0.4) is 0 Å². The van der Waals surface area contributed by atoms with Gasteiger partial charge in [0.25, 0.3) is 5.91 Å². The highest BCUT2D eigenvalue weighted by Gasteiger charge is 2.33. The Morgan fingerprint density at radius 2 is 1.93 bits per heavy atom. The summed E-state index contributed by atoms with van der Waals surface area (Å²) in [7, 11) is 0. The number of nitro groups is 1. The second kappa shape index (κ2) is 9.07. The SMILES string of the molecule is Cc1cccc(OCCNC(=O)COc2ccc(C(F)(F)F)cc2[N+](=O)[O-])c1. The molecule has 28 heavy (non-hydrogen) atoms. The Balaban J connectivity index is 1.84. The molecule has 0 aliphatic heterocycles. The van der Waals surface area contributed by atoms with Gasteiger partial charge in [-0.25, -0.2) is 0 Å². The fraction of sp³-hybridized carbons (Fsp3) is 0.278. The molecular weight excluding hydrogens is 381 g/mol. The molecule has 0 saturated heterocycles. The molecule has 0 aliphatic rings. The lowest BCUT2D eigenvalue weighted by atomic mass is 10.2. The number of hydrogen-bond acceptors (Lipinski definition) is 5. The van der Waals surface area contributed by atoms with Crippen molar-refractivity contribution in [3.8, 4) is 11.5 Å². The third-order valence-electron chi connectivity index (χ3n) is 3.52. The van der Waals surface area contributed by atoms with Gasteiger partial charge in [0.1, 0.15) is 12.4 Å². The van der Waals surface area contributed by atoms with Gasteiger partial charge in [0.2, 0.25) is 0 Å². The van der Waals surface area contributed by atoms with E-state index in [9.17, 15) is 28.1 Å². The first-order valence-electron chi connectivity index (χ1n) is 8.11. The summed E-state index contributed by atoms with van der Waals surface area (Å²) in [4.78, 5) is 21.7. The van der Waals surface area contributed by atoms with E-state index in [-0.39, 0.29) is 13.2 Å². The number of hydrogen-bond donors (Lipinski definition) is 1. The van der Waals surface area contributed by atoms with Crippen LogP contribution in [0.1, 0.15) is 11.1 Å². The number of halogens is 3. The maximum atomic E-state index is 12.7. The highest BCUT2D eigenvalue weighted by molar-refractivity contribution is 5.77. The van der Waals surface area contributed by atoms with E-state index in [4.69, 9.17) is 9.47 Å². The summed E-state index contributed by atoms with van der Waals surface area (Å²) >= 11 is 0. The number of nitro benzene ring substituents is 1. The maximum absolute atomic E-state index is 12.7. The molecule has 150 valence electrons. The number of alkyl halides is 3. The van der Waals surface area contributed by atoms with Crippen molar-refractivity contribution in [2.75, 3.05) is 19.8 Å². The fourth-order valence-corrected chi connectivity index (χ4v) is 2.22. The Labute approximate surface area is 158 Å². The van der Waals surface area contributed by atoms with Gasteiger partial charge in [0, 0.05) is 6.07 Å². The highest BCUT2D eigenvalue weighted by Crippen LogP contribution is 2.35. The van der Waals surface area contributed by atoms with Crippen LogP contribution in [-0.2, 0) is 11.0 Å². The minimum atomic E-state index is -4.72. The number of benzene rings is 2. The normalized spacial score (nSPS) is 11.0. The number of amides is 1. The van der Waals surface area contributed by atoms with Gasteiger partial charge >= 0.3 is 11.9 Å². The summed E-state index contributed by atoms with van der Waals surface area (Å²) < 4.78 is 48.4. The highest BCUT2D eigenvalue weighted by atomic mass is 19.4. The second-order valence-electron chi connectivity index (χ2n) is 5.74. The average Bonchev–Trinajstić information content (AvgIpc) is 2.62. The lowest BCUT2D eigenvalue weighted by molar-refractivity contribution is -0.386. The van der Waals surface area contributed by atoms with Crippen molar-refractivity contribution in [2.45, 2.75) is 13.1 Å². The number of nitrogens with one attached hydrogen (secondary N) is 1. The number of carbonyl (C=O) groups excluding carboxylic acids is 1. The molecule has 2 rings (SSSR count). The van der Waals surface area contributed by atoms with Gasteiger partial charge in [-0.05, 0) is 36.8 Å². The van der Waals surface area contributed by atoms with Crippen LogP contribution in [0.25, 0.3) is 0 Å². The molecule has 0 fully saturated rings. The third-order valence-corrected chi connectivity index (χ3v) is 3.52. The minimum absolute atomic E-state index is 0.158. The number of aryl methyl sites for hydroxylation is 1. The summed E-state index contributed by atoms with van der Waals surface area (Å²) in [5, 5.41) is 13.4. The molecule has 7 nitrogen and oxygen atoms in total. The average molecular weight is 398 g/mol. The molecule has 2 aromatic carbocycles. The van der Waals surface area contributed by atoms with E-state index >= 15 is 0 Å². The van der Waals surface area contributed by atoms with Crippen molar-refractivity contribution in [3.63, 3.8) is 0 Å². The zero-order chi connectivity index (χ0) is 20.7. The number of rotatable bonds is 8. The predicted octanol–water partition coefficient (Wildman–Crippen LogP) is 3.50. The van der Waals surface area contributed by atoms with E-state index < -0.39 is 40.6 Å². The Kier molecular flexibility index (Phi) is 6.80. The van der Waals surface area contributed by atoms with Gasteiger partial charge in [-0.1, -0.05) is 12.1 Å². The lowest BCUT2D eigenvalue weighted by Gasteiger charge is -2.11. The van der Waals surface area contributed by atoms with Crippen LogP contribution in [0.15, 0.2) is 42.5 Å². The topological polar surface area (TPSA) is 90.7 Å². The van der Waals surface area contributed by atoms with Crippen molar-refractivity contribution in [3.05, 3.63) is 63.7 Å². The standard InChI is InChI=1S/C18H17F3N2O5/c1-12-3-2-4-14(9-12)27-8-7-22-17(24)11-28-16-6-5-13(18(19,20)21)10-15(16)23(25)26/h2-6,9-10H,7-8,11H2,1H3,(H,22,24). The molecule has 0 unspecified atom stereocenters. The van der Waals surface area contributed by atoms with Crippen LogP contribution in [0, 0.1) is 17.0 Å². The van der Waals surface area contributed by atoms with E-state index in [1.54, 1.807) is 6.07 Å². The first-order valence-corrected chi connectivity index (χ1v) is 8.11.